The third-order valence-electron chi connectivity index (χ3n) is 1.53. The first-order chi connectivity index (χ1) is 6.56. The van der Waals surface area contributed by atoms with Gasteiger partial charge in [-0.15, -0.1) is 0 Å². The van der Waals surface area contributed by atoms with Gasteiger partial charge in [-0.05, 0) is 16.7 Å². The van der Waals surface area contributed by atoms with E-state index in [-0.39, 0.29) is 16.3 Å². The van der Waals surface area contributed by atoms with Gasteiger partial charge in [-0.1, -0.05) is 0 Å². The normalized spacial score (nSPS) is 12.1. The monoisotopic (exact) mass is 235 g/mol. The molecular formula is C7H6ClNO4S. The molecule has 0 aromatic heterocycles. The van der Waals surface area contributed by atoms with Gasteiger partial charge in [0.15, 0.2) is 10.0 Å². The van der Waals surface area contributed by atoms with E-state index in [0.717, 1.165) is 0 Å². The maximum Gasteiger partial charge on any atom is 0.273 e. The lowest BCUT2D eigenvalue weighted by molar-refractivity contribution is -0.385. The van der Waals surface area contributed by atoms with Crippen molar-refractivity contribution in [3.8, 4) is 5.75 Å². The van der Waals surface area contributed by atoms with Crippen molar-refractivity contribution in [1.29, 1.82) is 0 Å². The van der Waals surface area contributed by atoms with Gasteiger partial charge in [0.05, 0.1) is 23.0 Å². The molecule has 0 amide bonds. The molecule has 1 rings (SSSR count). The van der Waals surface area contributed by atoms with Crippen molar-refractivity contribution >= 4 is 26.4 Å². The van der Waals surface area contributed by atoms with E-state index in [2.05, 4.69) is 0 Å². The molecule has 7 heteroatoms. The minimum absolute atomic E-state index is 0.132. The first kappa shape index (κ1) is 10.9. The van der Waals surface area contributed by atoms with Crippen LogP contribution >= 0.6 is 10.7 Å². The Kier molecular flexibility index (Phi) is 3.43. The van der Waals surface area contributed by atoms with E-state index < -0.39 is 14.9 Å². The number of nitro benzene ring substituents is 1. The summed E-state index contributed by atoms with van der Waals surface area (Å²) in [6, 6.07) is 3.70. The van der Waals surface area contributed by atoms with Crippen LogP contribution in [0.25, 0.3) is 0 Å². The molecule has 0 bridgehead atoms. The molecule has 0 radical (unpaired) electrons. The van der Waals surface area contributed by atoms with Gasteiger partial charge in [0.25, 0.3) is 5.69 Å². The third kappa shape index (κ3) is 2.21. The summed E-state index contributed by atoms with van der Waals surface area (Å²) in [5.41, 5.74) is -0.132. The number of non-ortho nitro benzene ring substituents is 1. The number of hydrogen-bond acceptors (Lipinski definition) is 4. The molecule has 5 nitrogen and oxygen atoms in total. The van der Waals surface area contributed by atoms with E-state index in [0.29, 0.717) is 0 Å². The van der Waals surface area contributed by atoms with Gasteiger partial charge in [-0.2, -0.15) is 0 Å². The average molecular weight is 236 g/mol. The second-order valence-electron chi connectivity index (χ2n) is 2.32. The molecule has 1 unspecified atom stereocenters. The molecule has 1 aromatic carbocycles. The van der Waals surface area contributed by atoms with Crippen LogP contribution in [0.15, 0.2) is 23.1 Å². The van der Waals surface area contributed by atoms with Crippen LogP contribution in [0, 0.1) is 10.1 Å². The predicted molar refractivity (Wildman–Crippen MR) is 51.9 cm³/mol. The molecule has 0 aliphatic carbocycles. The fraction of sp³-hybridized carbons (Fsp3) is 0.143. The second-order valence-corrected chi connectivity index (χ2v) is 4.04. The number of halogens is 1. The Morgan fingerprint density at radius 1 is 1.57 bits per heavy atom. The highest BCUT2D eigenvalue weighted by Crippen LogP contribution is 2.28. The summed E-state index contributed by atoms with van der Waals surface area (Å²) < 4.78 is 15.7. The van der Waals surface area contributed by atoms with Crippen LogP contribution in [0.4, 0.5) is 5.69 Å². The van der Waals surface area contributed by atoms with E-state index >= 15 is 0 Å². The number of hydrogen-bond donors (Lipinski definition) is 0. The summed E-state index contributed by atoms with van der Waals surface area (Å²) in [5.74, 6) is 0.146. The van der Waals surface area contributed by atoms with E-state index in [1.165, 1.54) is 25.3 Å². The van der Waals surface area contributed by atoms with Crippen molar-refractivity contribution in [1.82, 2.24) is 0 Å². The highest BCUT2D eigenvalue weighted by molar-refractivity contribution is 8.08. The zero-order valence-corrected chi connectivity index (χ0v) is 8.67. The number of ether oxygens (including phenoxy) is 1. The first-order valence-electron chi connectivity index (χ1n) is 3.46. The topological polar surface area (TPSA) is 69.4 Å². The first-order valence-corrected chi connectivity index (χ1v) is 5.44. The quantitative estimate of drug-likeness (QED) is 0.456. The molecule has 1 atom stereocenters. The fourth-order valence-electron chi connectivity index (χ4n) is 0.902. The highest BCUT2D eigenvalue weighted by atomic mass is 35.7. The lowest BCUT2D eigenvalue weighted by atomic mass is 10.3. The van der Waals surface area contributed by atoms with Crippen molar-refractivity contribution in [2.75, 3.05) is 7.11 Å². The smallest absolute Gasteiger partial charge is 0.273 e. The van der Waals surface area contributed by atoms with E-state index in [4.69, 9.17) is 15.4 Å². The molecule has 0 spiro atoms. The fourth-order valence-corrected chi connectivity index (χ4v) is 1.76. The molecule has 14 heavy (non-hydrogen) atoms. The van der Waals surface area contributed by atoms with Crippen LogP contribution in [0.5, 0.6) is 5.75 Å². The lowest BCUT2D eigenvalue weighted by Gasteiger charge is -2.03. The summed E-state index contributed by atoms with van der Waals surface area (Å²) in [4.78, 5) is 10.0. The van der Waals surface area contributed by atoms with Crippen molar-refractivity contribution in [2.45, 2.75) is 4.90 Å². The van der Waals surface area contributed by atoms with E-state index in [9.17, 15) is 14.3 Å². The summed E-state index contributed by atoms with van der Waals surface area (Å²) in [7, 11) is 4.93. The Labute approximate surface area is 86.7 Å². The molecular weight excluding hydrogens is 230 g/mol. The van der Waals surface area contributed by atoms with Crippen molar-refractivity contribution in [3.05, 3.63) is 28.3 Å². The van der Waals surface area contributed by atoms with Gasteiger partial charge in [0, 0.05) is 6.07 Å². The van der Waals surface area contributed by atoms with Gasteiger partial charge in [0.2, 0.25) is 0 Å². The van der Waals surface area contributed by atoms with Gasteiger partial charge in [-0.3, -0.25) is 10.1 Å². The minimum Gasteiger partial charge on any atom is -0.495 e. The highest BCUT2D eigenvalue weighted by Gasteiger charge is 2.14. The maximum atomic E-state index is 10.9. The Morgan fingerprint density at radius 3 is 2.64 bits per heavy atom. The predicted octanol–water partition coefficient (Wildman–Crippen LogP) is 1.86. The van der Waals surface area contributed by atoms with Crippen molar-refractivity contribution in [3.63, 3.8) is 0 Å². The Balaban J connectivity index is 3.25. The number of nitro groups is 1. The molecule has 0 N–H and O–H groups in total. The van der Waals surface area contributed by atoms with Crippen LogP contribution in [-0.4, -0.2) is 16.2 Å². The molecule has 0 heterocycles. The number of nitrogens with zero attached hydrogens (tertiary/aromatic N) is 1. The number of benzene rings is 1. The lowest BCUT2D eigenvalue weighted by Crippen LogP contribution is -1.94. The largest absolute Gasteiger partial charge is 0.495 e. The molecule has 0 aliphatic rings. The van der Waals surface area contributed by atoms with Gasteiger partial charge in [-0.25, -0.2) is 4.21 Å². The van der Waals surface area contributed by atoms with Crippen LogP contribution in [0.3, 0.4) is 0 Å². The third-order valence-corrected chi connectivity index (χ3v) is 2.71. The minimum atomic E-state index is -1.74. The molecule has 0 fully saturated rings. The van der Waals surface area contributed by atoms with Crippen molar-refractivity contribution < 1.29 is 13.9 Å². The van der Waals surface area contributed by atoms with Gasteiger partial charge in [0.1, 0.15) is 5.75 Å². The molecule has 0 saturated heterocycles. The summed E-state index contributed by atoms with van der Waals surface area (Å²) in [6.45, 7) is 0. The SMILES string of the molecule is COc1cc([N+](=O)[O-])ccc1S(=O)Cl. The van der Waals surface area contributed by atoms with E-state index in [1.54, 1.807) is 0 Å². The van der Waals surface area contributed by atoms with Gasteiger partial charge < -0.3 is 4.74 Å². The van der Waals surface area contributed by atoms with Crippen molar-refractivity contribution in [2.24, 2.45) is 0 Å². The molecule has 0 saturated carbocycles. The number of methoxy groups -OCH3 is 1. The zero-order valence-electron chi connectivity index (χ0n) is 7.10. The zero-order chi connectivity index (χ0) is 10.7. The average Bonchev–Trinajstić information content (AvgIpc) is 2.16. The molecule has 76 valence electrons. The van der Waals surface area contributed by atoms with Crippen LogP contribution in [0.1, 0.15) is 0 Å². The van der Waals surface area contributed by atoms with Crippen LogP contribution in [-0.2, 0) is 10.0 Å². The Bertz CT molecular complexity index is 395. The van der Waals surface area contributed by atoms with Crippen LogP contribution < -0.4 is 4.74 Å². The Hall–Kier alpha value is -1.14. The van der Waals surface area contributed by atoms with E-state index in [1.807, 2.05) is 0 Å². The standard InChI is InChI=1S/C7H6ClNO4S/c1-13-6-4-5(9(10)11)2-3-7(6)14(8)12/h2-4H,1H3. The summed E-state index contributed by atoms with van der Waals surface area (Å²) in [6.07, 6.45) is 0. The molecule has 1 aromatic rings. The maximum absolute atomic E-state index is 10.9. The summed E-state index contributed by atoms with van der Waals surface area (Å²) >= 11 is 0. The summed E-state index contributed by atoms with van der Waals surface area (Å²) in [5, 5.41) is 10.4. The second kappa shape index (κ2) is 4.39. The molecule has 0 aliphatic heterocycles. The number of rotatable bonds is 3. The Morgan fingerprint density at radius 2 is 2.21 bits per heavy atom. The van der Waals surface area contributed by atoms with Gasteiger partial charge >= 0.3 is 0 Å². The van der Waals surface area contributed by atoms with Crippen LogP contribution in [0.2, 0.25) is 0 Å².